The van der Waals surface area contributed by atoms with Crippen LogP contribution in [-0.4, -0.2) is 36.5 Å². The van der Waals surface area contributed by atoms with Crippen molar-refractivity contribution in [2.45, 2.75) is 37.1 Å². The number of fused-ring (bicyclic) bond motifs is 1. The lowest BCUT2D eigenvalue weighted by atomic mass is 9.98. The van der Waals surface area contributed by atoms with Crippen LogP contribution in [0.1, 0.15) is 36.6 Å². The van der Waals surface area contributed by atoms with Crippen LogP contribution >= 0.6 is 23.1 Å². The molecule has 164 valence electrons. The van der Waals surface area contributed by atoms with E-state index >= 15 is 0 Å². The van der Waals surface area contributed by atoms with Gasteiger partial charge in [0.1, 0.15) is 11.5 Å². The molecule has 0 bridgehead atoms. The number of anilines is 1. The number of thioether (sulfide) groups is 1. The molecule has 2 aromatic heterocycles. The molecule has 0 saturated carbocycles. The van der Waals surface area contributed by atoms with Crippen molar-refractivity contribution in [2.75, 3.05) is 11.9 Å². The Morgan fingerprint density at radius 3 is 2.81 bits per heavy atom. The highest BCUT2D eigenvalue weighted by Gasteiger charge is 2.22. The molecule has 0 aliphatic carbocycles. The van der Waals surface area contributed by atoms with Gasteiger partial charge in [-0.05, 0) is 47.7 Å². The van der Waals surface area contributed by atoms with Gasteiger partial charge in [-0.15, -0.1) is 21.5 Å². The van der Waals surface area contributed by atoms with Crippen LogP contribution in [0.5, 0.6) is 11.5 Å². The fraction of sp³-hybridized carbons (Fsp3) is 0.261. The fourth-order valence-corrected chi connectivity index (χ4v) is 5.40. The Labute approximate surface area is 194 Å². The van der Waals surface area contributed by atoms with E-state index in [0.717, 1.165) is 40.8 Å². The van der Waals surface area contributed by atoms with E-state index in [1.165, 1.54) is 11.6 Å². The van der Waals surface area contributed by atoms with Gasteiger partial charge < -0.3 is 15.5 Å². The minimum absolute atomic E-state index is 0.0283. The smallest absolute Gasteiger partial charge is 0.196 e. The Morgan fingerprint density at radius 2 is 2.03 bits per heavy atom. The first-order valence-electron chi connectivity index (χ1n) is 10.4. The number of benzene rings is 2. The molecular formula is C23H23N5O2S2. The van der Waals surface area contributed by atoms with Gasteiger partial charge in [-0.25, -0.2) is 4.98 Å². The second-order valence-corrected chi connectivity index (χ2v) is 9.67. The molecule has 0 fully saturated rings. The third-order valence-electron chi connectivity index (χ3n) is 5.53. The Morgan fingerprint density at radius 1 is 1.16 bits per heavy atom. The van der Waals surface area contributed by atoms with Gasteiger partial charge in [-0.1, -0.05) is 25.6 Å². The zero-order chi connectivity index (χ0) is 22.2. The summed E-state index contributed by atoms with van der Waals surface area (Å²) < 4.78 is 1.98. The van der Waals surface area contributed by atoms with E-state index < -0.39 is 0 Å². The van der Waals surface area contributed by atoms with Crippen molar-refractivity contribution in [3.8, 4) is 28.6 Å². The lowest BCUT2D eigenvalue weighted by Gasteiger charge is -2.15. The van der Waals surface area contributed by atoms with E-state index in [-0.39, 0.29) is 17.4 Å². The molecule has 2 aromatic carbocycles. The van der Waals surface area contributed by atoms with Crippen molar-refractivity contribution in [1.29, 1.82) is 0 Å². The molecule has 0 saturated heterocycles. The number of aromatic hydroxyl groups is 2. The summed E-state index contributed by atoms with van der Waals surface area (Å²) in [6.45, 7) is 4.93. The molecule has 0 spiro atoms. The molecule has 4 aromatic rings. The number of nitrogens with zero attached hydrogens (tertiary/aromatic N) is 4. The SMILES string of the molecule is CC(C)c1cc(-c2nnc(SCc3cscn3)n2-c2ccc3c(c2)CCN3)c(O)cc1O. The molecule has 0 unspecified atom stereocenters. The first-order valence-corrected chi connectivity index (χ1v) is 12.3. The first kappa shape index (κ1) is 20.8. The maximum absolute atomic E-state index is 10.7. The van der Waals surface area contributed by atoms with Crippen molar-refractivity contribution in [2.24, 2.45) is 0 Å². The van der Waals surface area contributed by atoms with Gasteiger partial charge in [-0.3, -0.25) is 4.57 Å². The van der Waals surface area contributed by atoms with Crippen molar-refractivity contribution in [3.05, 3.63) is 58.0 Å². The van der Waals surface area contributed by atoms with Crippen molar-refractivity contribution >= 4 is 28.8 Å². The second kappa shape index (κ2) is 8.48. The minimum atomic E-state index is -0.0283. The van der Waals surface area contributed by atoms with E-state index in [0.29, 0.717) is 17.1 Å². The summed E-state index contributed by atoms with van der Waals surface area (Å²) in [5, 5.41) is 36.1. The first-order chi connectivity index (χ1) is 15.5. The van der Waals surface area contributed by atoms with Gasteiger partial charge in [-0.2, -0.15) is 0 Å². The van der Waals surface area contributed by atoms with Gasteiger partial charge in [0.15, 0.2) is 11.0 Å². The van der Waals surface area contributed by atoms with Crippen LogP contribution in [0.3, 0.4) is 0 Å². The molecule has 1 aliphatic heterocycles. The van der Waals surface area contributed by atoms with Crippen LogP contribution in [0.4, 0.5) is 5.69 Å². The van der Waals surface area contributed by atoms with Gasteiger partial charge in [0, 0.05) is 29.4 Å². The van der Waals surface area contributed by atoms with Gasteiger partial charge in [0.05, 0.1) is 22.5 Å². The van der Waals surface area contributed by atoms with Crippen LogP contribution < -0.4 is 5.32 Å². The van der Waals surface area contributed by atoms with Crippen LogP contribution in [-0.2, 0) is 12.2 Å². The Bertz CT molecular complexity index is 1270. The summed E-state index contributed by atoms with van der Waals surface area (Å²) in [4.78, 5) is 4.36. The number of thiazole rings is 1. The summed E-state index contributed by atoms with van der Waals surface area (Å²) >= 11 is 3.12. The lowest BCUT2D eigenvalue weighted by Crippen LogP contribution is -2.02. The van der Waals surface area contributed by atoms with Crippen molar-refractivity contribution < 1.29 is 10.2 Å². The molecule has 1 aliphatic rings. The van der Waals surface area contributed by atoms with E-state index in [4.69, 9.17) is 0 Å². The topological polar surface area (TPSA) is 96.1 Å². The zero-order valence-corrected chi connectivity index (χ0v) is 19.4. The predicted molar refractivity (Wildman–Crippen MR) is 128 cm³/mol. The predicted octanol–water partition coefficient (Wildman–Crippen LogP) is 5.19. The Balaban J connectivity index is 1.64. The van der Waals surface area contributed by atoms with Gasteiger partial charge >= 0.3 is 0 Å². The molecule has 7 nitrogen and oxygen atoms in total. The standard InChI is InChI=1S/C23H23N5O2S2/c1-13(2)17-8-18(21(30)9-20(17)29)22-26-27-23(32-11-15-10-31-12-25-15)28(22)16-3-4-19-14(7-16)5-6-24-19/h3-4,7-10,12-13,24,29-30H,5-6,11H2,1-2H3. The van der Waals surface area contributed by atoms with Crippen molar-refractivity contribution in [3.63, 3.8) is 0 Å². The Hall–Kier alpha value is -3.04. The summed E-state index contributed by atoms with van der Waals surface area (Å²) in [5.41, 5.74) is 7.43. The molecular weight excluding hydrogens is 442 g/mol. The quantitative estimate of drug-likeness (QED) is 0.337. The average Bonchev–Trinajstić information content (AvgIpc) is 3.51. The number of aromatic nitrogens is 4. The zero-order valence-electron chi connectivity index (χ0n) is 17.7. The number of hydrogen-bond acceptors (Lipinski definition) is 8. The lowest BCUT2D eigenvalue weighted by molar-refractivity contribution is 0.444. The van der Waals surface area contributed by atoms with E-state index in [9.17, 15) is 10.2 Å². The fourth-order valence-electron chi connectivity index (χ4n) is 3.88. The minimum Gasteiger partial charge on any atom is -0.508 e. The summed E-state index contributed by atoms with van der Waals surface area (Å²) in [6.07, 6.45) is 0.962. The summed E-state index contributed by atoms with van der Waals surface area (Å²) in [7, 11) is 0. The van der Waals surface area contributed by atoms with Gasteiger partial charge in [0.2, 0.25) is 0 Å². The van der Waals surface area contributed by atoms with Crippen molar-refractivity contribution in [1.82, 2.24) is 19.7 Å². The van der Waals surface area contributed by atoms with Crippen LogP contribution in [0.15, 0.2) is 46.4 Å². The van der Waals surface area contributed by atoms with Crippen LogP contribution in [0.2, 0.25) is 0 Å². The van der Waals surface area contributed by atoms with Gasteiger partial charge in [0.25, 0.3) is 0 Å². The average molecular weight is 466 g/mol. The number of phenols is 2. The summed E-state index contributed by atoms with van der Waals surface area (Å²) in [5.74, 6) is 1.35. The van der Waals surface area contributed by atoms with Crippen LogP contribution in [0.25, 0.3) is 17.1 Å². The third-order valence-corrected chi connectivity index (χ3v) is 7.13. The highest BCUT2D eigenvalue weighted by Crippen LogP contribution is 2.40. The Kier molecular flexibility index (Phi) is 5.52. The molecule has 0 atom stereocenters. The number of rotatable bonds is 6. The highest BCUT2D eigenvalue weighted by molar-refractivity contribution is 7.98. The highest BCUT2D eigenvalue weighted by atomic mass is 32.2. The normalized spacial score (nSPS) is 12.8. The molecule has 32 heavy (non-hydrogen) atoms. The maximum atomic E-state index is 10.7. The molecule has 3 N–H and O–H groups in total. The van der Waals surface area contributed by atoms with Crippen LogP contribution in [0, 0.1) is 0 Å². The van der Waals surface area contributed by atoms with E-state index in [1.54, 1.807) is 29.2 Å². The molecule has 5 rings (SSSR count). The van der Waals surface area contributed by atoms with E-state index in [2.05, 4.69) is 32.6 Å². The molecule has 9 heteroatoms. The second-order valence-electron chi connectivity index (χ2n) is 8.01. The molecule has 3 heterocycles. The number of hydrogen-bond donors (Lipinski definition) is 3. The molecule has 0 radical (unpaired) electrons. The number of nitrogens with one attached hydrogen (secondary N) is 1. The monoisotopic (exact) mass is 465 g/mol. The summed E-state index contributed by atoms with van der Waals surface area (Å²) in [6, 6.07) is 9.46. The maximum Gasteiger partial charge on any atom is 0.196 e. The van der Waals surface area contributed by atoms with E-state index in [1.807, 2.05) is 35.4 Å². The molecule has 0 amide bonds. The number of phenolic OH excluding ortho intramolecular Hbond substituents is 2. The third kappa shape index (κ3) is 3.82. The largest absolute Gasteiger partial charge is 0.508 e.